The maximum absolute atomic E-state index is 2.48. The molecule has 0 saturated heterocycles. The zero-order valence-corrected chi connectivity index (χ0v) is 33.8. The van der Waals surface area contributed by atoms with Crippen LogP contribution in [0.1, 0.15) is 51.7 Å². The van der Waals surface area contributed by atoms with E-state index >= 15 is 0 Å². The van der Waals surface area contributed by atoms with Crippen LogP contribution in [0.5, 0.6) is 0 Å². The van der Waals surface area contributed by atoms with Crippen molar-refractivity contribution < 1.29 is 0 Å². The summed E-state index contributed by atoms with van der Waals surface area (Å²) in [7, 11) is 0. The summed E-state index contributed by atoms with van der Waals surface area (Å²) in [6, 6.07) is 71.1. The van der Waals surface area contributed by atoms with Gasteiger partial charge < -0.3 is 9.47 Å². The molecular formula is C56H48N2. The second-order valence-corrected chi connectivity index (χ2v) is 17.3. The highest BCUT2D eigenvalue weighted by atomic mass is 15.1. The number of fused-ring (bicyclic) bond motifs is 4. The first kappa shape index (κ1) is 35.8. The van der Waals surface area contributed by atoms with Crippen LogP contribution in [0.2, 0.25) is 0 Å². The third-order valence-electron chi connectivity index (χ3n) is 12.7. The molecule has 0 bridgehead atoms. The molecular weight excluding hydrogens is 701 g/mol. The highest BCUT2D eigenvalue weighted by Gasteiger charge is 2.37. The average molecular weight is 749 g/mol. The average Bonchev–Trinajstić information content (AvgIpc) is 3.60. The number of anilines is 3. The van der Waals surface area contributed by atoms with E-state index < -0.39 is 0 Å². The fraction of sp³-hybridized carbons (Fsp3) is 0.143. The third kappa shape index (κ3) is 6.30. The molecule has 0 radical (unpaired) electrons. The van der Waals surface area contributed by atoms with E-state index in [1.165, 1.54) is 84.8 Å². The van der Waals surface area contributed by atoms with Crippen LogP contribution in [0, 0.1) is 0 Å². The van der Waals surface area contributed by atoms with Crippen molar-refractivity contribution in [2.45, 2.75) is 51.4 Å². The lowest BCUT2D eigenvalue weighted by Crippen LogP contribution is -2.33. The maximum atomic E-state index is 2.48. The summed E-state index contributed by atoms with van der Waals surface area (Å²) in [5.41, 5.74) is 17.7. The lowest BCUT2D eigenvalue weighted by molar-refractivity contribution is 0.332. The summed E-state index contributed by atoms with van der Waals surface area (Å²) in [5.74, 6) is 0. The van der Waals surface area contributed by atoms with Gasteiger partial charge in [-0.2, -0.15) is 0 Å². The summed E-state index contributed by atoms with van der Waals surface area (Å²) in [6.07, 6.45) is 2.42. The Morgan fingerprint density at radius 2 is 0.810 bits per heavy atom. The number of aromatic nitrogens is 1. The summed E-state index contributed by atoms with van der Waals surface area (Å²) in [4.78, 5) is 2.32. The molecule has 0 amide bonds. The Kier molecular flexibility index (Phi) is 8.68. The monoisotopic (exact) mass is 748 g/mol. The molecule has 0 N–H and O–H groups in total. The van der Waals surface area contributed by atoms with Gasteiger partial charge in [0.05, 0.1) is 11.0 Å². The zero-order valence-electron chi connectivity index (χ0n) is 33.8. The van der Waals surface area contributed by atoms with Crippen molar-refractivity contribution in [2.24, 2.45) is 0 Å². The minimum absolute atomic E-state index is 0.152. The van der Waals surface area contributed by atoms with Crippen LogP contribution in [0.4, 0.5) is 17.1 Å². The second kappa shape index (κ2) is 14.1. The molecule has 9 aromatic rings. The molecule has 10 rings (SSSR count). The Morgan fingerprint density at radius 1 is 0.362 bits per heavy atom. The zero-order chi connectivity index (χ0) is 39.4. The quantitative estimate of drug-likeness (QED) is 0.158. The van der Waals surface area contributed by atoms with E-state index in [1.54, 1.807) is 0 Å². The van der Waals surface area contributed by atoms with Crippen molar-refractivity contribution in [2.75, 3.05) is 4.90 Å². The first-order valence-corrected chi connectivity index (χ1v) is 20.6. The molecule has 0 fully saturated rings. The fourth-order valence-electron chi connectivity index (χ4n) is 9.26. The van der Waals surface area contributed by atoms with Crippen molar-refractivity contribution >= 4 is 38.9 Å². The number of para-hydroxylation sites is 2. The lowest BCUT2D eigenvalue weighted by atomic mass is 9.63. The lowest BCUT2D eigenvalue weighted by Gasteiger charge is -2.42. The van der Waals surface area contributed by atoms with Gasteiger partial charge in [-0.05, 0) is 135 Å². The van der Waals surface area contributed by atoms with Crippen LogP contribution in [0.15, 0.2) is 194 Å². The molecule has 0 spiro atoms. The molecule has 8 aromatic carbocycles. The van der Waals surface area contributed by atoms with Gasteiger partial charge in [0.1, 0.15) is 0 Å². The van der Waals surface area contributed by atoms with E-state index in [9.17, 15) is 0 Å². The SMILES string of the molecule is CC1(C)CCC(C)(C)c2cc(-n3c4ccccc4c4cc(-c5ccc(-c6ccc(N(c7ccccc7)c7ccc(-c8ccccc8)cc7)cc6)cc5)ccc43)ccc21. The number of rotatable bonds is 7. The number of benzene rings is 8. The molecule has 58 heavy (non-hydrogen) atoms. The first-order valence-electron chi connectivity index (χ1n) is 20.6. The topological polar surface area (TPSA) is 8.17 Å². The Hall–Kier alpha value is -6.64. The van der Waals surface area contributed by atoms with Crippen molar-refractivity contribution in [3.63, 3.8) is 0 Å². The van der Waals surface area contributed by atoms with Crippen LogP contribution in [-0.2, 0) is 10.8 Å². The standard InChI is InChI=1S/C56H48N2/c1-55(2)35-36-56(3,4)52-38-48(32-33-51(52)55)58-53-18-12-11-17-49(53)50-37-44(27-34-54(50)58)43-21-19-40(20-22-43)42-25-30-47(31-26-42)57(45-15-9-6-10-16-45)46-28-23-41(24-29-46)39-13-7-5-8-14-39/h5-34,37-38H,35-36H2,1-4H3. The molecule has 282 valence electrons. The van der Waals surface area contributed by atoms with Gasteiger partial charge in [0.25, 0.3) is 0 Å². The van der Waals surface area contributed by atoms with Gasteiger partial charge in [-0.1, -0.05) is 155 Å². The van der Waals surface area contributed by atoms with E-state index in [-0.39, 0.29) is 10.8 Å². The van der Waals surface area contributed by atoms with E-state index in [0.29, 0.717) is 0 Å². The van der Waals surface area contributed by atoms with E-state index in [2.05, 4.69) is 231 Å². The van der Waals surface area contributed by atoms with Gasteiger partial charge in [-0.3, -0.25) is 0 Å². The van der Waals surface area contributed by atoms with Crippen LogP contribution in [-0.4, -0.2) is 4.57 Å². The summed E-state index contributed by atoms with van der Waals surface area (Å²) in [5, 5.41) is 2.56. The number of hydrogen-bond acceptors (Lipinski definition) is 1. The molecule has 0 aliphatic heterocycles. The van der Waals surface area contributed by atoms with E-state index in [4.69, 9.17) is 0 Å². The Labute approximate surface area is 342 Å². The Morgan fingerprint density at radius 3 is 1.43 bits per heavy atom. The van der Waals surface area contributed by atoms with Gasteiger partial charge in [-0.15, -0.1) is 0 Å². The molecule has 1 aliphatic carbocycles. The largest absolute Gasteiger partial charge is 0.311 e. The molecule has 1 aromatic heterocycles. The molecule has 0 atom stereocenters. The van der Waals surface area contributed by atoms with Gasteiger partial charge in [-0.25, -0.2) is 0 Å². The molecule has 0 saturated carbocycles. The normalized spacial score (nSPS) is 14.3. The summed E-state index contributed by atoms with van der Waals surface area (Å²) in [6.45, 7) is 9.63. The fourth-order valence-corrected chi connectivity index (χ4v) is 9.26. The summed E-state index contributed by atoms with van der Waals surface area (Å²) < 4.78 is 2.47. The Bertz CT molecular complexity index is 2900. The minimum Gasteiger partial charge on any atom is -0.311 e. The molecule has 1 aliphatic rings. The molecule has 2 heteroatoms. The van der Waals surface area contributed by atoms with Gasteiger partial charge in [0, 0.05) is 33.5 Å². The van der Waals surface area contributed by atoms with Crippen molar-refractivity contribution in [3.8, 4) is 39.1 Å². The van der Waals surface area contributed by atoms with Crippen LogP contribution in [0.3, 0.4) is 0 Å². The molecule has 2 nitrogen and oxygen atoms in total. The van der Waals surface area contributed by atoms with Crippen molar-refractivity contribution in [1.82, 2.24) is 4.57 Å². The maximum Gasteiger partial charge on any atom is 0.0541 e. The molecule has 0 unspecified atom stereocenters. The second-order valence-electron chi connectivity index (χ2n) is 17.3. The predicted molar refractivity (Wildman–Crippen MR) is 247 cm³/mol. The first-order chi connectivity index (χ1) is 28.2. The van der Waals surface area contributed by atoms with Crippen LogP contribution >= 0.6 is 0 Å². The Balaban J connectivity index is 0.954. The highest BCUT2D eigenvalue weighted by Crippen LogP contribution is 2.47. The van der Waals surface area contributed by atoms with Gasteiger partial charge >= 0.3 is 0 Å². The van der Waals surface area contributed by atoms with Crippen LogP contribution < -0.4 is 4.90 Å². The number of nitrogens with zero attached hydrogens (tertiary/aromatic N) is 2. The van der Waals surface area contributed by atoms with E-state index in [0.717, 1.165) is 17.1 Å². The third-order valence-corrected chi connectivity index (χ3v) is 12.7. The van der Waals surface area contributed by atoms with Crippen molar-refractivity contribution in [1.29, 1.82) is 0 Å². The van der Waals surface area contributed by atoms with Crippen LogP contribution in [0.25, 0.3) is 60.9 Å². The van der Waals surface area contributed by atoms with Gasteiger partial charge in [0.2, 0.25) is 0 Å². The number of hydrogen-bond donors (Lipinski definition) is 0. The van der Waals surface area contributed by atoms with Gasteiger partial charge in [0.15, 0.2) is 0 Å². The minimum atomic E-state index is 0.152. The molecule has 1 heterocycles. The highest BCUT2D eigenvalue weighted by molar-refractivity contribution is 6.10. The predicted octanol–water partition coefficient (Wildman–Crippen LogP) is 15.6. The smallest absolute Gasteiger partial charge is 0.0541 e. The summed E-state index contributed by atoms with van der Waals surface area (Å²) >= 11 is 0. The van der Waals surface area contributed by atoms with E-state index in [1.807, 2.05) is 0 Å². The van der Waals surface area contributed by atoms with Crippen molar-refractivity contribution in [3.05, 3.63) is 205 Å².